The van der Waals surface area contributed by atoms with Crippen LogP contribution in [0.25, 0.3) is 0 Å². The van der Waals surface area contributed by atoms with Gasteiger partial charge >= 0.3 is 0 Å². The van der Waals surface area contributed by atoms with Gasteiger partial charge in [-0.3, -0.25) is 4.99 Å². The Hall–Kier alpha value is -1.03. The van der Waals surface area contributed by atoms with E-state index in [2.05, 4.69) is 15.6 Å². The number of ether oxygens (including phenoxy) is 1. The van der Waals surface area contributed by atoms with Crippen molar-refractivity contribution in [2.24, 2.45) is 4.99 Å². The molecule has 0 heterocycles. The number of nitrogens with zero attached hydrogens (tertiary/aromatic N) is 1. The van der Waals surface area contributed by atoms with Crippen LogP contribution in [0.2, 0.25) is 0 Å². The van der Waals surface area contributed by atoms with Gasteiger partial charge in [-0.2, -0.15) is 0 Å². The molecule has 0 radical (unpaired) electrons. The van der Waals surface area contributed by atoms with Crippen LogP contribution in [0.4, 0.5) is 0 Å². The lowest BCUT2D eigenvalue weighted by Crippen LogP contribution is -2.48. The van der Waals surface area contributed by atoms with Gasteiger partial charge < -0.3 is 15.4 Å². The summed E-state index contributed by atoms with van der Waals surface area (Å²) in [6, 6.07) is 7.85. The molecule has 0 aromatic heterocycles. The second kappa shape index (κ2) is 10.1. The van der Waals surface area contributed by atoms with Gasteiger partial charge in [0.1, 0.15) is 12.4 Å². The highest BCUT2D eigenvalue weighted by Gasteiger charge is 2.30. The zero-order chi connectivity index (χ0) is 17.5. The minimum absolute atomic E-state index is 0. The molecule has 1 aromatic rings. The molecule has 6 nitrogen and oxygen atoms in total. The van der Waals surface area contributed by atoms with E-state index in [0.29, 0.717) is 19.1 Å². The molecule has 24 heavy (non-hydrogen) atoms. The molecule has 2 N–H and O–H groups in total. The van der Waals surface area contributed by atoms with Crippen LogP contribution in [0, 0.1) is 6.92 Å². The molecule has 0 amide bonds. The highest BCUT2D eigenvalue weighted by Crippen LogP contribution is 2.13. The standard InChI is InChI=1S/C16H27N3O3S.HI/c1-13-6-8-14(9-7-13)22-11-10-18-15(17-4)19-12-16(2,3)23(5,20)21;/h6-9H,10-12H2,1-5H3,(H2,17,18,19);1H. The quantitative estimate of drug-likeness (QED) is 0.276. The molecule has 1 aromatic carbocycles. The molecular formula is C16H28IN3O3S. The second-order valence-corrected chi connectivity index (χ2v) is 8.70. The van der Waals surface area contributed by atoms with Crippen LogP contribution in [0.15, 0.2) is 29.3 Å². The van der Waals surface area contributed by atoms with E-state index < -0.39 is 14.6 Å². The Labute approximate surface area is 162 Å². The summed E-state index contributed by atoms with van der Waals surface area (Å²) >= 11 is 0. The van der Waals surface area contributed by atoms with Gasteiger partial charge in [-0.05, 0) is 32.9 Å². The van der Waals surface area contributed by atoms with Crippen LogP contribution in [-0.4, -0.2) is 52.1 Å². The maximum atomic E-state index is 11.7. The Balaban J connectivity index is 0.00000529. The maximum Gasteiger partial charge on any atom is 0.191 e. The molecule has 0 aliphatic carbocycles. The molecule has 1 rings (SSSR count). The number of hydrogen-bond acceptors (Lipinski definition) is 4. The lowest BCUT2D eigenvalue weighted by atomic mass is 10.2. The normalized spacial score (nSPS) is 12.3. The van der Waals surface area contributed by atoms with Crippen molar-refractivity contribution in [3.63, 3.8) is 0 Å². The predicted molar refractivity (Wildman–Crippen MR) is 110 cm³/mol. The maximum absolute atomic E-state index is 11.7. The average Bonchev–Trinajstić information content (AvgIpc) is 2.47. The monoisotopic (exact) mass is 469 g/mol. The number of aliphatic imine (C=N–C) groups is 1. The Morgan fingerprint density at radius 2 is 1.79 bits per heavy atom. The third-order valence-electron chi connectivity index (χ3n) is 3.59. The number of aryl methyl sites for hydroxylation is 1. The van der Waals surface area contributed by atoms with Gasteiger partial charge in [-0.15, -0.1) is 24.0 Å². The minimum atomic E-state index is -3.14. The summed E-state index contributed by atoms with van der Waals surface area (Å²) < 4.78 is 28.1. The van der Waals surface area contributed by atoms with Crippen molar-refractivity contribution < 1.29 is 13.2 Å². The molecule has 0 aliphatic heterocycles. The van der Waals surface area contributed by atoms with Gasteiger partial charge in [0.05, 0.1) is 11.3 Å². The first-order chi connectivity index (χ1) is 10.7. The lowest BCUT2D eigenvalue weighted by Gasteiger charge is -2.24. The van der Waals surface area contributed by atoms with Gasteiger partial charge in [0.2, 0.25) is 0 Å². The summed E-state index contributed by atoms with van der Waals surface area (Å²) in [5.41, 5.74) is 1.19. The fourth-order valence-electron chi connectivity index (χ4n) is 1.62. The van der Waals surface area contributed by atoms with Crippen LogP contribution in [0.1, 0.15) is 19.4 Å². The summed E-state index contributed by atoms with van der Waals surface area (Å²) in [6.45, 7) is 6.72. The Morgan fingerprint density at radius 1 is 1.21 bits per heavy atom. The molecule has 0 saturated carbocycles. The highest BCUT2D eigenvalue weighted by atomic mass is 127. The minimum Gasteiger partial charge on any atom is -0.492 e. The first-order valence-electron chi connectivity index (χ1n) is 7.49. The van der Waals surface area contributed by atoms with Crippen molar-refractivity contribution in [2.75, 3.05) is 33.0 Å². The summed E-state index contributed by atoms with van der Waals surface area (Å²) in [5.74, 6) is 1.37. The van der Waals surface area contributed by atoms with E-state index >= 15 is 0 Å². The molecule has 0 saturated heterocycles. The smallest absolute Gasteiger partial charge is 0.191 e. The first-order valence-corrected chi connectivity index (χ1v) is 9.38. The van der Waals surface area contributed by atoms with E-state index in [-0.39, 0.29) is 30.5 Å². The summed E-state index contributed by atoms with van der Waals surface area (Å²) in [7, 11) is -1.50. The van der Waals surface area contributed by atoms with Crippen molar-refractivity contribution in [3.05, 3.63) is 29.8 Å². The third-order valence-corrected chi connectivity index (χ3v) is 5.75. The van der Waals surface area contributed by atoms with Crippen LogP contribution >= 0.6 is 24.0 Å². The number of rotatable bonds is 7. The molecule has 0 spiro atoms. The van der Waals surface area contributed by atoms with Crippen LogP contribution in [0.5, 0.6) is 5.75 Å². The van der Waals surface area contributed by atoms with Crippen molar-refractivity contribution >= 4 is 39.8 Å². The number of hydrogen-bond donors (Lipinski definition) is 2. The number of benzene rings is 1. The zero-order valence-electron chi connectivity index (χ0n) is 14.9. The third kappa shape index (κ3) is 7.69. The first kappa shape index (κ1) is 23.0. The van der Waals surface area contributed by atoms with Crippen molar-refractivity contribution in [2.45, 2.75) is 25.5 Å². The Kier molecular flexibility index (Phi) is 9.64. The fourth-order valence-corrected chi connectivity index (χ4v) is 1.96. The molecule has 8 heteroatoms. The SMILES string of the molecule is CN=C(NCCOc1ccc(C)cc1)NCC(C)(C)S(C)(=O)=O.I. The summed E-state index contributed by atoms with van der Waals surface area (Å²) in [5, 5.41) is 6.12. The van der Waals surface area contributed by atoms with Crippen LogP contribution < -0.4 is 15.4 Å². The van der Waals surface area contributed by atoms with E-state index in [0.717, 1.165) is 5.75 Å². The largest absolute Gasteiger partial charge is 0.492 e. The second-order valence-electron chi connectivity index (χ2n) is 6.05. The molecule has 0 aliphatic rings. The molecule has 138 valence electrons. The number of nitrogens with one attached hydrogen (secondary N) is 2. The van der Waals surface area contributed by atoms with Crippen LogP contribution in [0.3, 0.4) is 0 Å². The van der Waals surface area contributed by atoms with E-state index in [1.54, 1.807) is 20.9 Å². The lowest BCUT2D eigenvalue weighted by molar-refractivity contribution is 0.322. The molecule has 0 bridgehead atoms. The predicted octanol–water partition coefficient (Wildman–Crippen LogP) is 1.98. The highest BCUT2D eigenvalue weighted by molar-refractivity contribution is 14.0. The van der Waals surface area contributed by atoms with Gasteiger partial charge in [-0.1, -0.05) is 17.7 Å². The van der Waals surface area contributed by atoms with Gasteiger partial charge in [-0.25, -0.2) is 8.42 Å². The topological polar surface area (TPSA) is 79.8 Å². The fraction of sp³-hybridized carbons (Fsp3) is 0.562. The Morgan fingerprint density at radius 3 is 2.29 bits per heavy atom. The number of sulfone groups is 1. The van der Waals surface area contributed by atoms with E-state index in [1.807, 2.05) is 31.2 Å². The number of halogens is 1. The Bertz CT molecular complexity index is 628. The summed E-state index contributed by atoms with van der Waals surface area (Å²) in [4.78, 5) is 4.07. The molecular weight excluding hydrogens is 441 g/mol. The molecule has 0 fully saturated rings. The van der Waals surface area contributed by atoms with Crippen LogP contribution in [-0.2, 0) is 9.84 Å². The van der Waals surface area contributed by atoms with Crippen molar-refractivity contribution in [1.82, 2.24) is 10.6 Å². The van der Waals surface area contributed by atoms with E-state index in [1.165, 1.54) is 11.8 Å². The molecule has 0 unspecified atom stereocenters. The van der Waals surface area contributed by atoms with Gasteiger partial charge in [0, 0.05) is 19.8 Å². The van der Waals surface area contributed by atoms with E-state index in [9.17, 15) is 8.42 Å². The van der Waals surface area contributed by atoms with Crippen molar-refractivity contribution in [3.8, 4) is 5.75 Å². The van der Waals surface area contributed by atoms with Crippen molar-refractivity contribution in [1.29, 1.82) is 0 Å². The van der Waals surface area contributed by atoms with Gasteiger partial charge in [0.25, 0.3) is 0 Å². The number of guanidine groups is 1. The zero-order valence-corrected chi connectivity index (χ0v) is 18.1. The average molecular weight is 469 g/mol. The van der Waals surface area contributed by atoms with Gasteiger partial charge in [0.15, 0.2) is 15.8 Å². The molecule has 0 atom stereocenters. The van der Waals surface area contributed by atoms with E-state index in [4.69, 9.17) is 4.74 Å². The summed E-state index contributed by atoms with van der Waals surface area (Å²) in [6.07, 6.45) is 1.24.